The van der Waals surface area contributed by atoms with Crippen LogP contribution in [0.3, 0.4) is 0 Å². The summed E-state index contributed by atoms with van der Waals surface area (Å²) in [5, 5.41) is 2.76. The number of rotatable bonds is 4. The highest BCUT2D eigenvalue weighted by Gasteiger charge is 2.16. The van der Waals surface area contributed by atoms with Crippen LogP contribution >= 0.6 is 0 Å². The molecule has 1 aromatic heterocycles. The smallest absolute Gasteiger partial charge is 0.291 e. The molecule has 1 saturated heterocycles. The zero-order chi connectivity index (χ0) is 16.1. The van der Waals surface area contributed by atoms with E-state index in [9.17, 15) is 9.59 Å². The van der Waals surface area contributed by atoms with Gasteiger partial charge in [0.2, 0.25) is 5.91 Å². The lowest BCUT2D eigenvalue weighted by Gasteiger charge is -2.26. The Morgan fingerprint density at radius 1 is 1.04 bits per heavy atom. The monoisotopic (exact) mass is 312 g/mol. The molecule has 0 radical (unpaired) electrons. The quantitative estimate of drug-likeness (QED) is 0.943. The van der Waals surface area contributed by atoms with Crippen molar-refractivity contribution in [2.45, 2.75) is 25.7 Å². The molecule has 0 saturated carbocycles. The molecule has 2 amide bonds. The lowest BCUT2D eigenvalue weighted by atomic mass is 10.1. The Balaban J connectivity index is 1.56. The summed E-state index contributed by atoms with van der Waals surface area (Å²) in [5.74, 6) is 0.165. The third-order valence-corrected chi connectivity index (χ3v) is 4.02. The van der Waals surface area contributed by atoms with Crippen LogP contribution in [0.15, 0.2) is 47.1 Å². The number of hydrogen-bond acceptors (Lipinski definition) is 3. The van der Waals surface area contributed by atoms with Crippen molar-refractivity contribution in [3.63, 3.8) is 0 Å². The summed E-state index contributed by atoms with van der Waals surface area (Å²) >= 11 is 0. The second-order valence-corrected chi connectivity index (χ2v) is 5.75. The summed E-state index contributed by atoms with van der Waals surface area (Å²) in [6.45, 7) is 1.74. The van der Waals surface area contributed by atoms with E-state index in [0.29, 0.717) is 12.1 Å². The van der Waals surface area contributed by atoms with Gasteiger partial charge in [-0.05, 0) is 49.1 Å². The standard InChI is InChI=1S/C18H20N2O3/c21-17(20-10-2-1-3-11-20)13-14-6-8-15(9-7-14)19-18(22)16-5-4-12-23-16/h4-9,12H,1-3,10-11,13H2,(H,19,22). The van der Waals surface area contributed by atoms with Gasteiger partial charge in [-0.25, -0.2) is 0 Å². The molecule has 0 spiro atoms. The fourth-order valence-electron chi connectivity index (χ4n) is 2.74. The molecule has 2 heterocycles. The molecule has 1 fully saturated rings. The highest BCUT2D eigenvalue weighted by Crippen LogP contribution is 2.14. The van der Waals surface area contributed by atoms with Gasteiger partial charge in [0.1, 0.15) is 0 Å². The highest BCUT2D eigenvalue weighted by molar-refractivity contribution is 6.02. The Bertz CT molecular complexity index is 656. The molecule has 1 aromatic carbocycles. The van der Waals surface area contributed by atoms with Gasteiger partial charge in [-0.1, -0.05) is 12.1 Å². The van der Waals surface area contributed by atoms with E-state index in [4.69, 9.17) is 4.42 Å². The minimum atomic E-state index is -0.285. The minimum absolute atomic E-state index is 0.178. The zero-order valence-electron chi connectivity index (χ0n) is 13.0. The van der Waals surface area contributed by atoms with E-state index < -0.39 is 0 Å². The van der Waals surface area contributed by atoms with Crippen molar-refractivity contribution in [3.05, 3.63) is 54.0 Å². The Kier molecular flexibility index (Phi) is 4.76. The number of likely N-dealkylation sites (tertiary alicyclic amines) is 1. The second-order valence-electron chi connectivity index (χ2n) is 5.75. The number of carbonyl (C=O) groups is 2. The van der Waals surface area contributed by atoms with Crippen LogP contribution < -0.4 is 5.32 Å². The van der Waals surface area contributed by atoms with Crippen LogP contribution in [-0.2, 0) is 11.2 Å². The third-order valence-electron chi connectivity index (χ3n) is 4.02. The normalized spacial score (nSPS) is 14.5. The van der Waals surface area contributed by atoms with Gasteiger partial charge in [0, 0.05) is 18.8 Å². The molecule has 1 N–H and O–H groups in total. The summed E-state index contributed by atoms with van der Waals surface area (Å²) in [6, 6.07) is 10.6. The molecule has 1 aliphatic heterocycles. The summed E-state index contributed by atoms with van der Waals surface area (Å²) in [4.78, 5) is 26.0. The first-order valence-corrected chi connectivity index (χ1v) is 7.94. The number of nitrogens with zero attached hydrogens (tertiary/aromatic N) is 1. The van der Waals surface area contributed by atoms with Crippen LogP contribution in [-0.4, -0.2) is 29.8 Å². The van der Waals surface area contributed by atoms with E-state index in [0.717, 1.165) is 31.5 Å². The maximum atomic E-state index is 12.2. The number of amides is 2. The second kappa shape index (κ2) is 7.13. The van der Waals surface area contributed by atoms with Crippen molar-refractivity contribution >= 4 is 17.5 Å². The molecule has 0 atom stereocenters. The lowest BCUT2D eigenvalue weighted by Crippen LogP contribution is -2.36. The van der Waals surface area contributed by atoms with Crippen LogP contribution in [0.4, 0.5) is 5.69 Å². The van der Waals surface area contributed by atoms with Crippen molar-refractivity contribution in [1.29, 1.82) is 0 Å². The number of hydrogen-bond donors (Lipinski definition) is 1. The fraction of sp³-hybridized carbons (Fsp3) is 0.333. The average molecular weight is 312 g/mol. The Labute approximate surface area is 135 Å². The van der Waals surface area contributed by atoms with Crippen molar-refractivity contribution in [3.8, 4) is 0 Å². The van der Waals surface area contributed by atoms with E-state index in [2.05, 4.69) is 5.32 Å². The number of anilines is 1. The minimum Gasteiger partial charge on any atom is -0.459 e. The zero-order valence-corrected chi connectivity index (χ0v) is 13.0. The van der Waals surface area contributed by atoms with Crippen LogP contribution in [0.25, 0.3) is 0 Å². The lowest BCUT2D eigenvalue weighted by molar-refractivity contribution is -0.131. The van der Waals surface area contributed by atoms with Gasteiger partial charge in [-0.2, -0.15) is 0 Å². The molecule has 23 heavy (non-hydrogen) atoms. The number of piperidine rings is 1. The molecule has 5 nitrogen and oxygen atoms in total. The van der Waals surface area contributed by atoms with Gasteiger partial charge >= 0.3 is 0 Å². The van der Waals surface area contributed by atoms with Crippen LogP contribution in [0, 0.1) is 0 Å². The largest absolute Gasteiger partial charge is 0.459 e. The molecular formula is C18H20N2O3. The van der Waals surface area contributed by atoms with Gasteiger partial charge < -0.3 is 14.6 Å². The van der Waals surface area contributed by atoms with Crippen LogP contribution in [0.2, 0.25) is 0 Å². The number of nitrogens with one attached hydrogen (secondary N) is 1. The molecule has 2 aromatic rings. The molecule has 0 bridgehead atoms. The summed E-state index contributed by atoms with van der Waals surface area (Å²) < 4.78 is 5.05. The van der Waals surface area contributed by atoms with E-state index in [1.807, 2.05) is 17.0 Å². The SMILES string of the molecule is O=C(Nc1ccc(CC(=O)N2CCCCC2)cc1)c1ccco1. The highest BCUT2D eigenvalue weighted by atomic mass is 16.3. The van der Waals surface area contributed by atoms with E-state index in [1.165, 1.54) is 12.7 Å². The van der Waals surface area contributed by atoms with Gasteiger partial charge in [0.25, 0.3) is 5.91 Å². The van der Waals surface area contributed by atoms with Crippen molar-refractivity contribution in [2.24, 2.45) is 0 Å². The Hall–Kier alpha value is -2.56. The Morgan fingerprint density at radius 3 is 2.43 bits per heavy atom. The number of benzene rings is 1. The van der Waals surface area contributed by atoms with Crippen molar-refractivity contribution in [1.82, 2.24) is 4.90 Å². The Morgan fingerprint density at radius 2 is 1.78 bits per heavy atom. The summed E-state index contributed by atoms with van der Waals surface area (Å²) in [5.41, 5.74) is 1.64. The van der Waals surface area contributed by atoms with Gasteiger partial charge in [-0.15, -0.1) is 0 Å². The topological polar surface area (TPSA) is 62.6 Å². The fourth-order valence-corrected chi connectivity index (χ4v) is 2.74. The predicted molar refractivity (Wildman–Crippen MR) is 87.2 cm³/mol. The van der Waals surface area contributed by atoms with Crippen LogP contribution in [0.5, 0.6) is 0 Å². The van der Waals surface area contributed by atoms with Crippen LogP contribution in [0.1, 0.15) is 35.4 Å². The summed E-state index contributed by atoms with van der Waals surface area (Å²) in [7, 11) is 0. The number of carbonyl (C=O) groups excluding carboxylic acids is 2. The van der Waals surface area contributed by atoms with Crippen molar-refractivity contribution < 1.29 is 14.0 Å². The molecule has 0 aliphatic carbocycles. The predicted octanol–water partition coefficient (Wildman–Crippen LogP) is 3.09. The molecule has 3 rings (SSSR count). The van der Waals surface area contributed by atoms with Crippen molar-refractivity contribution in [2.75, 3.05) is 18.4 Å². The third kappa shape index (κ3) is 4.00. The first-order valence-electron chi connectivity index (χ1n) is 7.94. The first kappa shape index (κ1) is 15.3. The maximum absolute atomic E-state index is 12.2. The van der Waals surface area contributed by atoms with E-state index in [-0.39, 0.29) is 17.6 Å². The molecule has 1 aliphatic rings. The van der Waals surface area contributed by atoms with E-state index >= 15 is 0 Å². The van der Waals surface area contributed by atoms with Gasteiger partial charge in [0.05, 0.1) is 12.7 Å². The summed E-state index contributed by atoms with van der Waals surface area (Å²) in [6.07, 6.45) is 5.29. The molecule has 120 valence electrons. The van der Waals surface area contributed by atoms with Gasteiger partial charge in [-0.3, -0.25) is 9.59 Å². The van der Waals surface area contributed by atoms with Gasteiger partial charge in [0.15, 0.2) is 5.76 Å². The molecular weight excluding hydrogens is 292 g/mol. The maximum Gasteiger partial charge on any atom is 0.291 e. The molecule has 5 heteroatoms. The molecule has 0 unspecified atom stereocenters. The van der Waals surface area contributed by atoms with E-state index in [1.54, 1.807) is 24.3 Å². The average Bonchev–Trinajstić information content (AvgIpc) is 3.12. The first-order chi connectivity index (χ1) is 11.2. The number of furan rings is 1.